The lowest BCUT2D eigenvalue weighted by Gasteiger charge is -2.30. The van der Waals surface area contributed by atoms with Crippen molar-refractivity contribution in [2.45, 2.75) is 25.9 Å². The lowest BCUT2D eigenvalue weighted by atomic mass is 10.1. The van der Waals surface area contributed by atoms with Crippen molar-refractivity contribution in [2.24, 2.45) is 0 Å². The number of nitrogens with one attached hydrogen (secondary N) is 1. The summed E-state index contributed by atoms with van der Waals surface area (Å²) in [4.78, 5) is 27.1. The molecule has 0 saturated heterocycles. The molecule has 3 rings (SSSR count). The number of rotatable bonds is 8. The van der Waals surface area contributed by atoms with Gasteiger partial charge in [-0.3, -0.25) is 9.59 Å². The van der Waals surface area contributed by atoms with E-state index in [4.69, 9.17) is 16.3 Å². The van der Waals surface area contributed by atoms with Gasteiger partial charge in [-0.05, 0) is 56.9 Å². The minimum Gasteiger partial charge on any atom is -0.483 e. The van der Waals surface area contributed by atoms with Crippen LogP contribution in [0.1, 0.15) is 18.9 Å². The minimum atomic E-state index is -0.600. The van der Waals surface area contributed by atoms with Crippen LogP contribution in [0.15, 0.2) is 65.1 Å². The molecule has 7 heteroatoms. The molecule has 0 aliphatic rings. The van der Waals surface area contributed by atoms with E-state index in [1.54, 1.807) is 24.1 Å². The number of nitrogens with zero attached hydrogens (tertiary/aromatic N) is 1. The molecule has 3 aromatic carbocycles. The summed E-state index contributed by atoms with van der Waals surface area (Å²) in [6, 6.07) is 18.3. The first-order valence-electron chi connectivity index (χ1n) is 10.00. The van der Waals surface area contributed by atoms with Gasteiger partial charge in [-0.25, -0.2) is 0 Å². The predicted octanol–water partition coefficient (Wildman–Crippen LogP) is 5.19. The molecule has 0 fully saturated rings. The van der Waals surface area contributed by atoms with E-state index in [2.05, 4.69) is 21.2 Å². The summed E-state index contributed by atoms with van der Waals surface area (Å²) in [7, 11) is 1.57. The Balaban J connectivity index is 1.81. The van der Waals surface area contributed by atoms with Gasteiger partial charge in [-0.15, -0.1) is 0 Å². The highest BCUT2D eigenvalue weighted by molar-refractivity contribution is 9.10. The second-order valence-electron chi connectivity index (χ2n) is 7.07. The highest BCUT2D eigenvalue weighted by Gasteiger charge is 2.28. The van der Waals surface area contributed by atoms with Gasteiger partial charge in [-0.2, -0.15) is 0 Å². The standard InChI is InChI=1S/C24H24BrClN2O3/c1-3-20(24(30)27-2)28(14-16-8-11-18(26)12-9-16)22(29)15-31-21-13-10-17-6-4-5-7-19(17)23(21)25/h4-13,20H,3,14-15H2,1-2H3,(H,27,30)/t20-/m0/s1. The minimum absolute atomic E-state index is 0.183. The van der Waals surface area contributed by atoms with E-state index >= 15 is 0 Å². The molecule has 0 bridgehead atoms. The Bertz CT molecular complexity index is 1070. The number of hydrogen-bond donors (Lipinski definition) is 1. The molecule has 1 N–H and O–H groups in total. The van der Waals surface area contributed by atoms with E-state index in [0.717, 1.165) is 20.8 Å². The van der Waals surface area contributed by atoms with Crippen molar-refractivity contribution in [3.8, 4) is 5.75 Å². The van der Waals surface area contributed by atoms with Crippen molar-refractivity contribution in [3.63, 3.8) is 0 Å². The van der Waals surface area contributed by atoms with Crippen LogP contribution in [0.3, 0.4) is 0 Å². The molecule has 5 nitrogen and oxygen atoms in total. The van der Waals surface area contributed by atoms with Crippen LogP contribution in [0, 0.1) is 0 Å². The topological polar surface area (TPSA) is 58.6 Å². The number of amides is 2. The Morgan fingerprint density at radius 2 is 1.81 bits per heavy atom. The van der Waals surface area contributed by atoms with Gasteiger partial charge in [0.25, 0.3) is 5.91 Å². The van der Waals surface area contributed by atoms with Crippen LogP contribution >= 0.6 is 27.5 Å². The van der Waals surface area contributed by atoms with Crippen LogP contribution < -0.4 is 10.1 Å². The van der Waals surface area contributed by atoms with Crippen molar-refractivity contribution >= 4 is 50.1 Å². The first-order chi connectivity index (χ1) is 14.9. The highest BCUT2D eigenvalue weighted by atomic mass is 79.9. The third-order valence-corrected chi connectivity index (χ3v) is 6.15. The van der Waals surface area contributed by atoms with Gasteiger partial charge in [0.2, 0.25) is 5.91 Å². The van der Waals surface area contributed by atoms with Gasteiger partial charge >= 0.3 is 0 Å². The van der Waals surface area contributed by atoms with Crippen LogP contribution in [-0.2, 0) is 16.1 Å². The zero-order chi connectivity index (χ0) is 22.4. The van der Waals surface area contributed by atoms with Crippen molar-refractivity contribution in [1.82, 2.24) is 10.2 Å². The fourth-order valence-corrected chi connectivity index (χ4v) is 4.15. The first-order valence-corrected chi connectivity index (χ1v) is 11.2. The van der Waals surface area contributed by atoms with Gasteiger partial charge in [0.1, 0.15) is 11.8 Å². The molecule has 3 aromatic rings. The predicted molar refractivity (Wildman–Crippen MR) is 127 cm³/mol. The number of carbonyl (C=O) groups is 2. The Kier molecular flexibility index (Phi) is 7.93. The van der Waals surface area contributed by atoms with Crippen molar-refractivity contribution in [1.29, 1.82) is 0 Å². The molecule has 0 radical (unpaired) electrons. The van der Waals surface area contributed by atoms with E-state index in [9.17, 15) is 9.59 Å². The maximum atomic E-state index is 13.2. The number of hydrogen-bond acceptors (Lipinski definition) is 3. The third kappa shape index (κ3) is 5.57. The molecular weight excluding hydrogens is 480 g/mol. The van der Waals surface area contributed by atoms with Crippen molar-refractivity contribution in [2.75, 3.05) is 13.7 Å². The molecular formula is C24H24BrClN2O3. The van der Waals surface area contributed by atoms with Crippen molar-refractivity contribution in [3.05, 3.63) is 75.7 Å². The van der Waals surface area contributed by atoms with Gasteiger partial charge in [0.15, 0.2) is 6.61 Å². The molecule has 31 heavy (non-hydrogen) atoms. The Labute approximate surface area is 195 Å². The smallest absolute Gasteiger partial charge is 0.261 e. The largest absolute Gasteiger partial charge is 0.483 e. The fraction of sp³-hybridized carbons (Fsp3) is 0.250. The third-order valence-electron chi connectivity index (χ3n) is 5.08. The van der Waals surface area contributed by atoms with Gasteiger partial charge in [0, 0.05) is 18.6 Å². The summed E-state index contributed by atoms with van der Waals surface area (Å²) < 4.78 is 6.65. The lowest BCUT2D eigenvalue weighted by molar-refractivity contribution is -0.142. The SMILES string of the molecule is CC[C@@H](C(=O)NC)N(Cc1ccc(Cl)cc1)C(=O)COc1ccc2ccccc2c1Br. The number of halogens is 2. The maximum absolute atomic E-state index is 13.2. The van der Waals surface area contributed by atoms with E-state index in [1.807, 2.05) is 55.5 Å². The summed E-state index contributed by atoms with van der Waals surface area (Å²) in [6.45, 7) is 1.98. The average molecular weight is 504 g/mol. The number of likely N-dealkylation sites (N-methyl/N-ethyl adjacent to an activating group) is 1. The van der Waals surface area contributed by atoms with Crippen LogP contribution in [0.2, 0.25) is 5.02 Å². The van der Waals surface area contributed by atoms with Gasteiger partial charge in [0.05, 0.1) is 4.47 Å². The zero-order valence-electron chi connectivity index (χ0n) is 17.4. The average Bonchev–Trinajstić information content (AvgIpc) is 2.79. The van der Waals surface area contributed by atoms with E-state index < -0.39 is 6.04 Å². The van der Waals surface area contributed by atoms with Gasteiger partial charge < -0.3 is 15.0 Å². The molecule has 0 heterocycles. The molecule has 0 aliphatic carbocycles. The Morgan fingerprint density at radius 3 is 2.48 bits per heavy atom. The second kappa shape index (κ2) is 10.6. The highest BCUT2D eigenvalue weighted by Crippen LogP contribution is 2.33. The summed E-state index contributed by atoms with van der Waals surface area (Å²) in [6.07, 6.45) is 0.485. The molecule has 1 atom stereocenters. The number of carbonyl (C=O) groups excluding carboxylic acids is 2. The lowest BCUT2D eigenvalue weighted by Crippen LogP contribution is -2.49. The molecule has 0 saturated carbocycles. The summed E-state index contributed by atoms with van der Waals surface area (Å²) in [5, 5.41) is 5.34. The Morgan fingerprint density at radius 1 is 1.10 bits per heavy atom. The van der Waals surface area contributed by atoms with E-state index in [-0.39, 0.29) is 25.0 Å². The Hall–Kier alpha value is -2.57. The first kappa shape index (κ1) is 23.1. The zero-order valence-corrected chi connectivity index (χ0v) is 19.7. The molecule has 0 unspecified atom stereocenters. The van der Waals surface area contributed by atoms with Crippen LogP contribution in [-0.4, -0.2) is 36.4 Å². The normalized spacial score (nSPS) is 11.7. The van der Waals surface area contributed by atoms with E-state index in [1.165, 1.54) is 0 Å². The van der Waals surface area contributed by atoms with Crippen LogP contribution in [0.4, 0.5) is 0 Å². The molecule has 0 spiro atoms. The van der Waals surface area contributed by atoms with Gasteiger partial charge in [-0.1, -0.05) is 61.0 Å². The molecule has 162 valence electrons. The van der Waals surface area contributed by atoms with Crippen molar-refractivity contribution < 1.29 is 14.3 Å². The number of fused-ring (bicyclic) bond motifs is 1. The van der Waals surface area contributed by atoms with Crippen LogP contribution in [0.25, 0.3) is 10.8 Å². The maximum Gasteiger partial charge on any atom is 0.261 e. The molecule has 2 amide bonds. The summed E-state index contributed by atoms with van der Waals surface area (Å²) in [5.74, 6) is 0.0913. The summed E-state index contributed by atoms with van der Waals surface area (Å²) >= 11 is 9.56. The number of ether oxygens (including phenoxy) is 1. The fourth-order valence-electron chi connectivity index (χ4n) is 3.42. The second-order valence-corrected chi connectivity index (χ2v) is 8.30. The molecule has 0 aromatic heterocycles. The summed E-state index contributed by atoms with van der Waals surface area (Å²) in [5.41, 5.74) is 0.881. The monoisotopic (exact) mass is 502 g/mol. The quantitative estimate of drug-likeness (QED) is 0.460. The number of benzene rings is 3. The van der Waals surface area contributed by atoms with E-state index in [0.29, 0.717) is 17.2 Å². The van der Waals surface area contributed by atoms with Crippen LogP contribution in [0.5, 0.6) is 5.75 Å². The molecule has 0 aliphatic heterocycles.